The molecule has 2 aliphatic heterocycles. The summed E-state index contributed by atoms with van der Waals surface area (Å²) in [5, 5.41) is 0. The Morgan fingerprint density at radius 1 is 0.920 bits per heavy atom. The van der Waals surface area contributed by atoms with Gasteiger partial charge < -0.3 is 34.5 Å². The monoisotopic (exact) mass is 725 g/mol. The molecule has 5 rings (SSSR count). The maximum Gasteiger partial charge on any atom is 0.248 e. The van der Waals surface area contributed by atoms with Crippen LogP contribution >= 0.6 is 24.2 Å². The van der Waals surface area contributed by atoms with Gasteiger partial charge in [0.05, 0.1) is 39.2 Å². The second-order valence-corrected chi connectivity index (χ2v) is 14.6. The molecule has 2 heterocycles. The number of methoxy groups -OCH3 is 3. The Morgan fingerprint density at radius 2 is 1.56 bits per heavy atom. The molecule has 0 radical (unpaired) electrons. The van der Waals surface area contributed by atoms with E-state index < -0.39 is 10.3 Å². The number of thioether (sulfide) groups is 1. The highest BCUT2D eigenvalue weighted by Gasteiger charge is 2.51. The number of benzene rings is 3. The Balaban J connectivity index is 0.00000562. The molecule has 0 aromatic heterocycles. The summed E-state index contributed by atoms with van der Waals surface area (Å²) in [6.07, 6.45) is 4.05. The van der Waals surface area contributed by atoms with Crippen LogP contribution in [0.2, 0.25) is 0 Å². The molecule has 3 aromatic carbocycles. The van der Waals surface area contributed by atoms with Gasteiger partial charge in [0, 0.05) is 37.0 Å². The lowest BCUT2D eigenvalue weighted by Crippen LogP contribution is -2.55. The minimum Gasteiger partial charge on any atom is -0.493 e. The van der Waals surface area contributed by atoms with Crippen molar-refractivity contribution in [2.45, 2.75) is 67.6 Å². The molecule has 11 heteroatoms. The minimum atomic E-state index is -0.806. The van der Waals surface area contributed by atoms with E-state index in [9.17, 15) is 9.59 Å². The number of carbonyl (C=O) groups excluding carboxylic acids is 2. The van der Waals surface area contributed by atoms with Gasteiger partial charge in [-0.3, -0.25) is 9.59 Å². The predicted octanol–water partition coefficient (Wildman–Crippen LogP) is 6.91. The van der Waals surface area contributed by atoms with Crippen molar-refractivity contribution in [3.05, 3.63) is 71.8 Å². The number of unbranched alkanes of at least 4 members (excludes halogenated alkanes) is 1. The van der Waals surface area contributed by atoms with Crippen molar-refractivity contribution in [3.8, 4) is 23.0 Å². The first-order chi connectivity index (χ1) is 23.6. The minimum absolute atomic E-state index is 0. The number of amides is 1. The first-order valence-corrected chi connectivity index (χ1v) is 18.0. The molecule has 1 unspecified atom stereocenters. The fourth-order valence-corrected chi connectivity index (χ4v) is 8.54. The molecule has 0 spiro atoms. The fourth-order valence-electron chi connectivity index (χ4n) is 7.00. The van der Waals surface area contributed by atoms with E-state index in [1.165, 1.54) is 0 Å². The van der Waals surface area contributed by atoms with Crippen molar-refractivity contribution in [1.29, 1.82) is 0 Å². The number of fused-ring (bicyclic) bond motifs is 1. The molecule has 1 amide bonds. The largest absolute Gasteiger partial charge is 0.493 e. The number of ether oxygens (including phenoxy) is 4. The van der Waals surface area contributed by atoms with E-state index >= 15 is 0 Å². The number of anilines is 1. The van der Waals surface area contributed by atoms with Gasteiger partial charge in [0.25, 0.3) is 0 Å². The molecular weight excluding hydrogens is 674 g/mol. The van der Waals surface area contributed by atoms with Crippen LogP contribution in [0.3, 0.4) is 0 Å². The maximum atomic E-state index is 14.0. The zero-order chi connectivity index (χ0) is 35.2. The average molecular weight is 726 g/mol. The summed E-state index contributed by atoms with van der Waals surface area (Å²) in [4.78, 5) is 32.6. The van der Waals surface area contributed by atoms with Crippen LogP contribution in [0.5, 0.6) is 23.0 Å². The number of hydrogen-bond donors (Lipinski definition) is 1. The normalized spacial score (nSPS) is 18.6. The van der Waals surface area contributed by atoms with Gasteiger partial charge in [-0.25, -0.2) is 0 Å². The van der Waals surface area contributed by atoms with Crippen molar-refractivity contribution in [2.24, 2.45) is 11.7 Å². The van der Waals surface area contributed by atoms with Crippen molar-refractivity contribution in [3.63, 3.8) is 0 Å². The molecule has 0 bridgehead atoms. The number of nitrogens with two attached hydrogens (primary N) is 1. The summed E-state index contributed by atoms with van der Waals surface area (Å²) < 4.78 is 22.0. The number of likely N-dealkylation sites (N-methyl/N-ethyl adjacent to an activating group) is 1. The van der Waals surface area contributed by atoms with Crippen LogP contribution in [0.15, 0.2) is 65.6 Å². The smallest absolute Gasteiger partial charge is 0.248 e. The Bertz CT molecular complexity index is 1600. The number of hydrogen-bond acceptors (Lipinski definition) is 9. The van der Waals surface area contributed by atoms with E-state index in [2.05, 4.69) is 24.8 Å². The van der Waals surface area contributed by atoms with Gasteiger partial charge in [0.2, 0.25) is 11.7 Å². The highest BCUT2D eigenvalue weighted by Crippen LogP contribution is 2.56. The average Bonchev–Trinajstić information content (AvgIpc) is 3.12. The van der Waals surface area contributed by atoms with Crippen molar-refractivity contribution in [2.75, 3.05) is 59.5 Å². The van der Waals surface area contributed by atoms with Crippen LogP contribution in [0, 0.1) is 5.92 Å². The topological polar surface area (TPSA) is 104 Å². The van der Waals surface area contributed by atoms with Gasteiger partial charge in [-0.05, 0) is 80.5 Å². The molecule has 2 aliphatic rings. The van der Waals surface area contributed by atoms with Gasteiger partial charge in [-0.2, -0.15) is 0 Å². The SMILES string of the molecule is COc1cc(CCC(=O)C2(N)CCN(CCCCOc3ccccc3C3(C(C)C)Sc4ccccc4N(C)C3=O)CC2)cc(OC)c1OC.Cl. The van der Waals surface area contributed by atoms with E-state index in [0.717, 1.165) is 59.9 Å². The van der Waals surface area contributed by atoms with E-state index in [1.807, 2.05) is 61.6 Å². The molecule has 0 saturated carbocycles. The van der Waals surface area contributed by atoms with Crippen LogP contribution in [-0.2, 0) is 20.8 Å². The Kier molecular flexibility index (Phi) is 13.5. The molecule has 50 heavy (non-hydrogen) atoms. The number of ketones is 1. The molecule has 272 valence electrons. The quantitative estimate of drug-likeness (QED) is 0.168. The van der Waals surface area contributed by atoms with Crippen LogP contribution in [0.25, 0.3) is 0 Å². The zero-order valence-corrected chi connectivity index (χ0v) is 31.8. The zero-order valence-electron chi connectivity index (χ0n) is 30.2. The summed E-state index contributed by atoms with van der Waals surface area (Å²) in [5.41, 5.74) is 8.68. The summed E-state index contributed by atoms with van der Waals surface area (Å²) in [6.45, 7) is 7.29. The summed E-state index contributed by atoms with van der Waals surface area (Å²) in [6, 6.07) is 19.9. The molecule has 1 fully saturated rings. The number of aryl methyl sites for hydroxylation is 1. The molecule has 1 atom stereocenters. The highest BCUT2D eigenvalue weighted by atomic mass is 35.5. The van der Waals surface area contributed by atoms with Gasteiger partial charge in [0.15, 0.2) is 17.3 Å². The van der Waals surface area contributed by atoms with E-state index in [4.69, 9.17) is 24.7 Å². The molecule has 0 aliphatic carbocycles. The molecule has 3 aromatic rings. The second kappa shape index (κ2) is 17.2. The number of Topliss-reactive ketones (excluding diaryl/α,β-unsaturated/α-hetero) is 1. The Morgan fingerprint density at radius 3 is 2.20 bits per heavy atom. The number of nitrogens with zero attached hydrogens (tertiary/aromatic N) is 2. The first kappa shape index (κ1) is 39.3. The second-order valence-electron chi connectivity index (χ2n) is 13.3. The molecule has 2 N–H and O–H groups in total. The Labute approximate surface area is 307 Å². The molecular formula is C39H52ClN3O6S. The standard InChI is InChI=1S/C39H51N3O6S.ClH/c1-27(2)39(37(44)41(3)30-14-8-10-16-34(30)49-39)29-13-7-9-15-31(29)48-24-12-11-21-42-22-19-38(40,20-23-42)35(43)18-17-28-25-32(45-4)36(47-6)33(26-28)46-5;/h7-10,13-16,25-27H,11-12,17-24,40H2,1-6H3;1H. The van der Waals surface area contributed by atoms with E-state index in [0.29, 0.717) is 49.5 Å². The van der Waals surface area contributed by atoms with E-state index in [1.54, 1.807) is 38.0 Å². The number of piperidine rings is 1. The van der Waals surface area contributed by atoms with Crippen LogP contribution in [0.1, 0.15) is 57.1 Å². The first-order valence-electron chi connectivity index (χ1n) is 17.2. The number of carbonyl (C=O) groups is 2. The summed E-state index contributed by atoms with van der Waals surface area (Å²) >= 11 is 1.64. The maximum absolute atomic E-state index is 14.0. The lowest BCUT2D eigenvalue weighted by Gasteiger charge is -2.44. The highest BCUT2D eigenvalue weighted by molar-refractivity contribution is 8.01. The number of para-hydroxylation sites is 2. The number of halogens is 1. The van der Waals surface area contributed by atoms with E-state index in [-0.39, 0.29) is 30.0 Å². The van der Waals surface area contributed by atoms with Gasteiger partial charge >= 0.3 is 0 Å². The lowest BCUT2D eigenvalue weighted by molar-refractivity contribution is -0.126. The van der Waals surface area contributed by atoms with Gasteiger partial charge in [0.1, 0.15) is 10.5 Å². The Hall–Kier alpha value is -3.44. The van der Waals surface area contributed by atoms with Crippen LogP contribution in [-0.4, -0.2) is 76.7 Å². The third kappa shape index (κ3) is 8.04. The fraction of sp³-hybridized carbons (Fsp3) is 0.487. The van der Waals surface area contributed by atoms with Crippen LogP contribution in [0.4, 0.5) is 5.69 Å². The van der Waals surface area contributed by atoms with Crippen LogP contribution < -0.4 is 29.6 Å². The van der Waals surface area contributed by atoms with Gasteiger partial charge in [-0.15, -0.1) is 24.2 Å². The third-order valence-corrected chi connectivity index (χ3v) is 11.8. The number of likely N-dealkylation sites (tertiary alicyclic amines) is 1. The molecule has 1 saturated heterocycles. The summed E-state index contributed by atoms with van der Waals surface area (Å²) in [7, 11) is 6.61. The third-order valence-electron chi connectivity index (χ3n) is 10.0. The molecule has 9 nitrogen and oxygen atoms in total. The van der Waals surface area contributed by atoms with Crippen molar-refractivity contribution < 1.29 is 28.5 Å². The van der Waals surface area contributed by atoms with Gasteiger partial charge in [-0.1, -0.05) is 44.2 Å². The number of rotatable bonds is 15. The summed E-state index contributed by atoms with van der Waals surface area (Å²) in [5.74, 6) is 2.66. The van der Waals surface area contributed by atoms with Crippen molar-refractivity contribution in [1.82, 2.24) is 4.90 Å². The van der Waals surface area contributed by atoms with Crippen molar-refractivity contribution >= 4 is 41.5 Å². The lowest BCUT2D eigenvalue weighted by atomic mass is 9.82. The predicted molar refractivity (Wildman–Crippen MR) is 203 cm³/mol.